The maximum absolute atomic E-state index is 12.5. The van der Waals surface area contributed by atoms with Crippen molar-refractivity contribution in [3.8, 4) is 11.1 Å². The zero-order chi connectivity index (χ0) is 16.4. The Morgan fingerprint density at radius 3 is 2.62 bits per heavy atom. The molecule has 0 unspecified atom stereocenters. The van der Waals surface area contributed by atoms with Gasteiger partial charge in [-0.15, -0.1) is 11.3 Å². The first-order chi connectivity index (χ1) is 11.8. The minimum absolute atomic E-state index is 0.163. The first-order valence-corrected chi connectivity index (χ1v) is 9.12. The summed E-state index contributed by atoms with van der Waals surface area (Å²) < 4.78 is 0. The van der Waals surface area contributed by atoms with Crippen LogP contribution in [0.25, 0.3) is 11.1 Å². The molecule has 5 heteroatoms. The van der Waals surface area contributed by atoms with Crippen molar-refractivity contribution in [2.75, 3.05) is 13.1 Å². The predicted octanol–water partition coefficient (Wildman–Crippen LogP) is 4.16. The average Bonchev–Trinajstić information content (AvgIpc) is 3.34. The van der Waals surface area contributed by atoms with Crippen LogP contribution in [0.15, 0.2) is 54.0 Å². The van der Waals surface area contributed by atoms with Crippen molar-refractivity contribution < 1.29 is 4.79 Å². The van der Waals surface area contributed by atoms with E-state index in [0.29, 0.717) is 5.92 Å². The highest BCUT2D eigenvalue weighted by atomic mass is 32.1. The summed E-state index contributed by atoms with van der Waals surface area (Å²) in [6, 6.07) is 14.2. The first-order valence-electron chi connectivity index (χ1n) is 8.24. The standard InChI is InChI=1S/C19H19N3OS/c23-19(17-7-4-12-24-17)22-10-8-15(9-11-22)18-16(13-20-21-18)14-5-2-1-3-6-14/h1-7,12-13,15H,8-11H2,(H,20,21). The van der Waals surface area contributed by atoms with E-state index in [-0.39, 0.29) is 5.91 Å². The van der Waals surface area contributed by atoms with Gasteiger partial charge in [0.05, 0.1) is 11.1 Å². The Labute approximate surface area is 145 Å². The highest BCUT2D eigenvalue weighted by Gasteiger charge is 2.27. The van der Waals surface area contributed by atoms with Crippen LogP contribution in [0, 0.1) is 0 Å². The van der Waals surface area contributed by atoms with Gasteiger partial charge in [-0.2, -0.15) is 5.10 Å². The molecule has 0 spiro atoms. The van der Waals surface area contributed by atoms with Crippen molar-refractivity contribution in [1.29, 1.82) is 0 Å². The summed E-state index contributed by atoms with van der Waals surface area (Å²) >= 11 is 1.52. The molecule has 3 heterocycles. The molecule has 1 aromatic carbocycles. The van der Waals surface area contributed by atoms with Gasteiger partial charge < -0.3 is 4.90 Å². The van der Waals surface area contributed by atoms with Gasteiger partial charge in [-0.1, -0.05) is 36.4 Å². The van der Waals surface area contributed by atoms with E-state index in [2.05, 4.69) is 34.5 Å². The second-order valence-corrected chi connectivity index (χ2v) is 7.05. The van der Waals surface area contributed by atoms with Crippen LogP contribution < -0.4 is 0 Å². The number of carbonyl (C=O) groups is 1. The number of hydrogen-bond donors (Lipinski definition) is 1. The molecule has 0 atom stereocenters. The Morgan fingerprint density at radius 1 is 1.12 bits per heavy atom. The molecule has 2 aromatic heterocycles. The molecule has 3 aromatic rings. The lowest BCUT2D eigenvalue weighted by Gasteiger charge is -2.31. The summed E-state index contributed by atoms with van der Waals surface area (Å²) in [7, 11) is 0. The lowest BCUT2D eigenvalue weighted by molar-refractivity contribution is 0.0717. The molecular formula is C19H19N3OS. The normalized spacial score (nSPS) is 15.6. The predicted molar refractivity (Wildman–Crippen MR) is 96.2 cm³/mol. The summed E-state index contributed by atoms with van der Waals surface area (Å²) in [5.41, 5.74) is 3.57. The third kappa shape index (κ3) is 2.87. The van der Waals surface area contributed by atoms with Gasteiger partial charge in [-0.05, 0) is 29.9 Å². The number of piperidine rings is 1. The van der Waals surface area contributed by atoms with Crippen molar-refractivity contribution in [3.05, 3.63) is 64.6 Å². The molecule has 4 nitrogen and oxygen atoms in total. The fourth-order valence-electron chi connectivity index (χ4n) is 3.38. The number of carbonyl (C=O) groups excluding carboxylic acids is 1. The maximum atomic E-state index is 12.5. The van der Waals surface area contributed by atoms with E-state index >= 15 is 0 Å². The van der Waals surface area contributed by atoms with E-state index in [4.69, 9.17) is 0 Å². The average molecular weight is 337 g/mol. The smallest absolute Gasteiger partial charge is 0.263 e. The molecular weight excluding hydrogens is 318 g/mol. The van der Waals surface area contributed by atoms with Crippen LogP contribution in [-0.4, -0.2) is 34.1 Å². The molecule has 24 heavy (non-hydrogen) atoms. The van der Waals surface area contributed by atoms with Crippen molar-refractivity contribution >= 4 is 17.2 Å². The third-order valence-corrected chi connectivity index (χ3v) is 5.53. The van der Waals surface area contributed by atoms with E-state index in [0.717, 1.165) is 30.8 Å². The van der Waals surface area contributed by atoms with E-state index < -0.39 is 0 Å². The van der Waals surface area contributed by atoms with Crippen molar-refractivity contribution in [1.82, 2.24) is 15.1 Å². The second kappa shape index (κ2) is 6.61. The Hall–Kier alpha value is -2.40. The largest absolute Gasteiger partial charge is 0.338 e. The number of benzene rings is 1. The molecule has 122 valence electrons. The minimum Gasteiger partial charge on any atom is -0.338 e. The van der Waals surface area contributed by atoms with Crippen LogP contribution in [0.3, 0.4) is 0 Å². The van der Waals surface area contributed by atoms with Crippen LogP contribution in [0.5, 0.6) is 0 Å². The summed E-state index contributed by atoms with van der Waals surface area (Å²) in [5, 5.41) is 9.41. The van der Waals surface area contributed by atoms with Crippen molar-refractivity contribution in [2.45, 2.75) is 18.8 Å². The highest BCUT2D eigenvalue weighted by Crippen LogP contribution is 2.34. The zero-order valence-corrected chi connectivity index (χ0v) is 14.1. The van der Waals surface area contributed by atoms with Crippen LogP contribution in [-0.2, 0) is 0 Å². The number of H-pyrrole nitrogens is 1. The van der Waals surface area contributed by atoms with Crippen LogP contribution in [0.2, 0.25) is 0 Å². The Bertz CT molecular complexity index is 802. The molecule has 1 N–H and O–H groups in total. The van der Waals surface area contributed by atoms with Gasteiger partial charge in [0.2, 0.25) is 0 Å². The zero-order valence-electron chi connectivity index (χ0n) is 13.3. The molecule has 1 amide bonds. The number of likely N-dealkylation sites (tertiary alicyclic amines) is 1. The molecule has 0 bridgehead atoms. The van der Waals surface area contributed by atoms with Crippen molar-refractivity contribution in [3.63, 3.8) is 0 Å². The van der Waals surface area contributed by atoms with E-state index in [9.17, 15) is 4.79 Å². The Balaban J connectivity index is 1.47. The molecule has 0 saturated carbocycles. The van der Waals surface area contributed by atoms with E-state index in [1.54, 1.807) is 0 Å². The number of aromatic nitrogens is 2. The van der Waals surface area contributed by atoms with Gasteiger partial charge in [0.15, 0.2) is 0 Å². The monoisotopic (exact) mass is 337 g/mol. The van der Waals surface area contributed by atoms with E-state index in [1.807, 2.05) is 34.7 Å². The second-order valence-electron chi connectivity index (χ2n) is 6.11. The van der Waals surface area contributed by atoms with Gasteiger partial charge in [-0.25, -0.2) is 0 Å². The van der Waals surface area contributed by atoms with Gasteiger partial charge in [0.25, 0.3) is 5.91 Å². The number of hydrogen-bond acceptors (Lipinski definition) is 3. The van der Waals surface area contributed by atoms with Crippen molar-refractivity contribution in [2.24, 2.45) is 0 Å². The molecule has 1 saturated heterocycles. The molecule has 1 fully saturated rings. The lowest BCUT2D eigenvalue weighted by Crippen LogP contribution is -2.37. The summed E-state index contributed by atoms with van der Waals surface area (Å²) in [6.07, 6.45) is 3.85. The molecule has 1 aliphatic heterocycles. The molecule has 4 rings (SSSR count). The summed E-state index contributed by atoms with van der Waals surface area (Å²) in [5.74, 6) is 0.589. The van der Waals surface area contributed by atoms with Crippen LogP contribution >= 0.6 is 11.3 Å². The highest BCUT2D eigenvalue weighted by molar-refractivity contribution is 7.12. The number of nitrogens with one attached hydrogen (secondary N) is 1. The first kappa shape index (κ1) is 15.1. The number of amides is 1. The minimum atomic E-state index is 0.163. The Morgan fingerprint density at radius 2 is 1.92 bits per heavy atom. The van der Waals surface area contributed by atoms with Gasteiger partial charge in [-0.3, -0.25) is 9.89 Å². The van der Waals surface area contributed by atoms with Gasteiger partial charge >= 0.3 is 0 Å². The van der Waals surface area contributed by atoms with Crippen LogP contribution in [0.4, 0.5) is 0 Å². The summed E-state index contributed by atoms with van der Waals surface area (Å²) in [6.45, 7) is 1.60. The summed E-state index contributed by atoms with van der Waals surface area (Å²) in [4.78, 5) is 15.3. The molecule has 0 radical (unpaired) electrons. The van der Waals surface area contributed by atoms with E-state index in [1.165, 1.54) is 28.2 Å². The number of thiophene rings is 1. The van der Waals surface area contributed by atoms with Gasteiger partial charge in [0, 0.05) is 30.3 Å². The maximum Gasteiger partial charge on any atom is 0.263 e. The lowest BCUT2D eigenvalue weighted by atomic mass is 9.89. The number of nitrogens with zero attached hydrogens (tertiary/aromatic N) is 2. The topological polar surface area (TPSA) is 49.0 Å². The quantitative estimate of drug-likeness (QED) is 0.780. The Kier molecular flexibility index (Phi) is 4.17. The number of rotatable bonds is 3. The fraction of sp³-hybridized carbons (Fsp3) is 0.263. The van der Waals surface area contributed by atoms with Gasteiger partial charge in [0.1, 0.15) is 0 Å². The SMILES string of the molecule is O=C(c1cccs1)N1CCC(c2[nH]ncc2-c2ccccc2)CC1. The van der Waals surface area contributed by atoms with Crippen LogP contribution in [0.1, 0.15) is 34.1 Å². The number of aromatic amines is 1. The fourth-order valence-corrected chi connectivity index (χ4v) is 4.07. The third-order valence-electron chi connectivity index (χ3n) is 4.68. The molecule has 1 aliphatic rings. The molecule has 0 aliphatic carbocycles.